The van der Waals surface area contributed by atoms with Crippen LogP contribution >= 0.6 is 0 Å². The number of hydrogen-bond donors (Lipinski definition) is 1. The van der Waals surface area contributed by atoms with Gasteiger partial charge < -0.3 is 14.8 Å². The number of alkyl halides is 1. The molecule has 106 valence electrons. The molecule has 1 aromatic carbocycles. The van der Waals surface area contributed by atoms with Crippen molar-refractivity contribution in [2.75, 3.05) is 26.8 Å². The molecule has 0 aliphatic carbocycles. The monoisotopic (exact) mass is 267 g/mol. The van der Waals surface area contributed by atoms with Gasteiger partial charge in [-0.25, -0.2) is 4.39 Å². The third-order valence-electron chi connectivity index (χ3n) is 3.26. The third kappa shape index (κ3) is 3.38. The molecule has 2 rings (SSSR count). The number of rotatable bonds is 4. The van der Waals surface area contributed by atoms with Crippen LogP contribution in [0.15, 0.2) is 12.1 Å². The number of nitrogens with one attached hydrogen (secondary N) is 1. The van der Waals surface area contributed by atoms with Crippen LogP contribution in [0.3, 0.4) is 0 Å². The molecule has 0 amide bonds. The third-order valence-corrected chi connectivity index (χ3v) is 3.26. The van der Waals surface area contributed by atoms with Crippen LogP contribution in [0, 0.1) is 0 Å². The van der Waals surface area contributed by atoms with E-state index in [9.17, 15) is 4.39 Å². The zero-order valence-electron chi connectivity index (χ0n) is 11.9. The molecule has 1 heterocycles. The molecule has 0 bridgehead atoms. The van der Waals surface area contributed by atoms with Crippen molar-refractivity contribution in [2.24, 2.45) is 0 Å². The van der Waals surface area contributed by atoms with Crippen LogP contribution in [0.25, 0.3) is 0 Å². The maximum absolute atomic E-state index is 14.4. The minimum Gasteiger partial charge on any atom is -0.490 e. The summed E-state index contributed by atoms with van der Waals surface area (Å²) in [5, 5.41) is 3.09. The lowest BCUT2D eigenvalue weighted by Crippen LogP contribution is -2.17. The number of fused-ring (bicyclic) bond motifs is 1. The lowest BCUT2D eigenvalue weighted by atomic mass is 9.92. The maximum Gasteiger partial charge on any atom is 0.161 e. The Kier molecular flexibility index (Phi) is 4.30. The first-order valence-corrected chi connectivity index (χ1v) is 6.79. The molecule has 1 aromatic rings. The summed E-state index contributed by atoms with van der Waals surface area (Å²) in [5.41, 5.74) is 0.284. The molecule has 0 atom stereocenters. The van der Waals surface area contributed by atoms with Gasteiger partial charge in [-0.15, -0.1) is 0 Å². The highest BCUT2D eigenvalue weighted by atomic mass is 19.1. The maximum atomic E-state index is 14.4. The van der Waals surface area contributed by atoms with Gasteiger partial charge in [0, 0.05) is 6.42 Å². The Bertz CT molecular complexity index is 441. The van der Waals surface area contributed by atoms with E-state index in [0.717, 1.165) is 30.7 Å². The minimum atomic E-state index is -1.38. The largest absolute Gasteiger partial charge is 0.490 e. The van der Waals surface area contributed by atoms with Gasteiger partial charge in [-0.3, -0.25) is 0 Å². The average molecular weight is 267 g/mol. The zero-order valence-corrected chi connectivity index (χ0v) is 11.9. The summed E-state index contributed by atoms with van der Waals surface area (Å²) in [6.45, 7) is 5.24. The van der Waals surface area contributed by atoms with Crippen molar-refractivity contribution in [2.45, 2.75) is 32.4 Å². The molecular weight excluding hydrogens is 245 g/mol. The number of hydrogen-bond acceptors (Lipinski definition) is 3. The van der Waals surface area contributed by atoms with E-state index in [0.29, 0.717) is 24.5 Å². The van der Waals surface area contributed by atoms with Crippen molar-refractivity contribution in [1.29, 1.82) is 0 Å². The van der Waals surface area contributed by atoms with Crippen LogP contribution in [0.1, 0.15) is 31.4 Å². The minimum absolute atomic E-state index is 0.620. The second-order valence-corrected chi connectivity index (χ2v) is 5.33. The van der Waals surface area contributed by atoms with Gasteiger partial charge in [-0.2, -0.15) is 0 Å². The van der Waals surface area contributed by atoms with Crippen molar-refractivity contribution < 1.29 is 13.9 Å². The van der Waals surface area contributed by atoms with Crippen LogP contribution < -0.4 is 14.8 Å². The summed E-state index contributed by atoms with van der Waals surface area (Å²) < 4.78 is 25.7. The van der Waals surface area contributed by atoms with Crippen LogP contribution in [-0.2, 0) is 12.1 Å². The van der Waals surface area contributed by atoms with Crippen LogP contribution in [0.2, 0.25) is 0 Å². The second-order valence-electron chi connectivity index (χ2n) is 5.33. The molecule has 0 spiro atoms. The fourth-order valence-electron chi connectivity index (χ4n) is 2.27. The normalized spacial score (nSPS) is 15.2. The Morgan fingerprint density at radius 1 is 1.21 bits per heavy atom. The summed E-state index contributed by atoms with van der Waals surface area (Å²) in [6, 6.07) is 3.72. The summed E-state index contributed by atoms with van der Waals surface area (Å²) in [6.07, 6.45) is 1.63. The lowest BCUT2D eigenvalue weighted by molar-refractivity contribution is 0.218. The van der Waals surface area contributed by atoms with Crippen molar-refractivity contribution in [1.82, 2.24) is 5.32 Å². The molecule has 0 saturated carbocycles. The van der Waals surface area contributed by atoms with Crippen LogP contribution in [0.5, 0.6) is 11.5 Å². The van der Waals surface area contributed by atoms with Gasteiger partial charge in [0.1, 0.15) is 5.67 Å². The fraction of sp³-hybridized carbons (Fsp3) is 0.600. The Morgan fingerprint density at radius 3 is 2.42 bits per heavy atom. The molecule has 3 nitrogen and oxygen atoms in total. The van der Waals surface area contributed by atoms with E-state index in [1.807, 2.05) is 13.1 Å². The summed E-state index contributed by atoms with van der Waals surface area (Å²) in [4.78, 5) is 0. The predicted molar refractivity (Wildman–Crippen MR) is 73.8 cm³/mol. The van der Waals surface area contributed by atoms with E-state index < -0.39 is 5.67 Å². The number of likely N-dealkylation sites (N-methyl/N-ethyl adjacent to an activating group) is 1. The van der Waals surface area contributed by atoms with Gasteiger partial charge in [-0.05, 0) is 57.1 Å². The van der Waals surface area contributed by atoms with Gasteiger partial charge in [0.15, 0.2) is 11.5 Å². The molecule has 0 radical (unpaired) electrons. The van der Waals surface area contributed by atoms with Crippen molar-refractivity contribution >= 4 is 0 Å². The molecule has 1 N–H and O–H groups in total. The van der Waals surface area contributed by atoms with Gasteiger partial charge in [-0.1, -0.05) is 0 Å². The van der Waals surface area contributed by atoms with Crippen molar-refractivity contribution in [3.63, 3.8) is 0 Å². The molecule has 0 saturated heterocycles. The van der Waals surface area contributed by atoms with E-state index in [4.69, 9.17) is 9.47 Å². The summed E-state index contributed by atoms with van der Waals surface area (Å²) in [7, 11) is 1.89. The molecule has 19 heavy (non-hydrogen) atoms. The Balaban J connectivity index is 2.41. The number of ether oxygens (including phenoxy) is 2. The first-order valence-electron chi connectivity index (χ1n) is 6.79. The number of benzene rings is 1. The van der Waals surface area contributed by atoms with Crippen molar-refractivity contribution in [3.05, 3.63) is 23.3 Å². The highest BCUT2D eigenvalue weighted by molar-refractivity contribution is 5.49. The van der Waals surface area contributed by atoms with E-state index in [1.54, 1.807) is 19.9 Å². The van der Waals surface area contributed by atoms with Gasteiger partial charge in [0.25, 0.3) is 0 Å². The summed E-state index contributed by atoms with van der Waals surface area (Å²) >= 11 is 0. The quantitative estimate of drug-likeness (QED) is 0.910. The smallest absolute Gasteiger partial charge is 0.161 e. The molecule has 0 fully saturated rings. The SMILES string of the molecule is CNCCc1cc2c(cc1C(C)(C)F)OCCCO2. The van der Waals surface area contributed by atoms with E-state index in [1.165, 1.54) is 0 Å². The highest BCUT2D eigenvalue weighted by Gasteiger charge is 2.25. The van der Waals surface area contributed by atoms with Gasteiger partial charge in [0.05, 0.1) is 13.2 Å². The molecular formula is C15H22FNO2. The highest BCUT2D eigenvalue weighted by Crippen LogP contribution is 2.38. The fourth-order valence-corrected chi connectivity index (χ4v) is 2.27. The molecule has 1 aliphatic heterocycles. The Morgan fingerprint density at radius 2 is 1.84 bits per heavy atom. The molecule has 0 unspecified atom stereocenters. The number of halogens is 1. The van der Waals surface area contributed by atoms with Gasteiger partial charge in [0.2, 0.25) is 0 Å². The second kappa shape index (κ2) is 5.78. The first-order chi connectivity index (χ1) is 9.02. The van der Waals surface area contributed by atoms with E-state index in [2.05, 4.69) is 5.32 Å². The average Bonchev–Trinajstić information content (AvgIpc) is 2.58. The predicted octanol–water partition coefficient (Wildman–Crippen LogP) is 2.81. The zero-order chi connectivity index (χ0) is 13.9. The summed E-state index contributed by atoms with van der Waals surface area (Å²) in [5.74, 6) is 1.39. The van der Waals surface area contributed by atoms with Crippen LogP contribution in [-0.4, -0.2) is 26.8 Å². The molecule has 1 aliphatic rings. The topological polar surface area (TPSA) is 30.5 Å². The van der Waals surface area contributed by atoms with E-state index >= 15 is 0 Å². The first kappa shape index (κ1) is 14.1. The Labute approximate surface area is 114 Å². The van der Waals surface area contributed by atoms with Crippen LogP contribution in [0.4, 0.5) is 4.39 Å². The molecule has 0 aromatic heterocycles. The van der Waals surface area contributed by atoms with Gasteiger partial charge >= 0.3 is 0 Å². The molecule has 4 heteroatoms. The van der Waals surface area contributed by atoms with Crippen molar-refractivity contribution in [3.8, 4) is 11.5 Å². The standard InChI is InChI=1S/C15H22FNO2/c1-15(2,16)12-10-14-13(18-7-4-8-19-14)9-11(12)5-6-17-3/h9-10,17H,4-8H2,1-3H3. The van der Waals surface area contributed by atoms with E-state index in [-0.39, 0.29) is 0 Å². The Hall–Kier alpha value is -1.29. The lowest BCUT2D eigenvalue weighted by Gasteiger charge is -2.21.